The highest BCUT2D eigenvalue weighted by Crippen LogP contribution is 2.63. The zero-order valence-electron chi connectivity index (χ0n) is 24.1. The molecule has 6 rings (SSSR count). The molecule has 3 heteroatoms. The van der Waals surface area contributed by atoms with Crippen LogP contribution in [0.2, 0.25) is 0 Å². The Morgan fingerprint density at radius 2 is 1.90 bits per heavy atom. The van der Waals surface area contributed by atoms with E-state index in [1.54, 1.807) is 17.7 Å². The molecule has 2 fully saturated rings. The molecule has 0 heterocycles. The van der Waals surface area contributed by atoms with Crippen molar-refractivity contribution >= 4 is 17.8 Å². The van der Waals surface area contributed by atoms with E-state index in [1.807, 2.05) is 42.5 Å². The highest BCUT2D eigenvalue weighted by molar-refractivity contribution is 5.93. The SMILES string of the molecule is COC(=O)c1cccc(/C=C/C=C/C#Cc2ccc([C@H]3C[C@]4(C)CCCC4C4CCC5=CC(=O)CCC5=C43)cc2)c1. The van der Waals surface area contributed by atoms with E-state index in [0.717, 1.165) is 29.9 Å². The summed E-state index contributed by atoms with van der Waals surface area (Å²) in [7, 11) is 1.39. The molecule has 0 amide bonds. The van der Waals surface area contributed by atoms with Gasteiger partial charge in [0.15, 0.2) is 5.78 Å². The second-order valence-electron chi connectivity index (χ2n) is 12.4. The molecule has 0 aromatic heterocycles. The monoisotopic (exact) mass is 542 g/mol. The number of methoxy groups -OCH3 is 1. The van der Waals surface area contributed by atoms with Crippen molar-refractivity contribution in [2.24, 2.45) is 17.3 Å². The number of allylic oxidation sites excluding steroid dienone is 7. The van der Waals surface area contributed by atoms with Gasteiger partial charge in [0.05, 0.1) is 12.7 Å². The van der Waals surface area contributed by atoms with Crippen LogP contribution in [0.1, 0.15) is 91.3 Å². The molecule has 0 N–H and O–H groups in total. The van der Waals surface area contributed by atoms with E-state index >= 15 is 0 Å². The van der Waals surface area contributed by atoms with Gasteiger partial charge in [-0.25, -0.2) is 4.79 Å². The summed E-state index contributed by atoms with van der Waals surface area (Å²) in [5.74, 6) is 8.28. The molecule has 41 heavy (non-hydrogen) atoms. The fourth-order valence-corrected chi connectivity index (χ4v) is 8.05. The van der Waals surface area contributed by atoms with E-state index in [2.05, 4.69) is 43.0 Å². The van der Waals surface area contributed by atoms with Crippen molar-refractivity contribution in [2.45, 2.75) is 64.2 Å². The molecule has 4 atom stereocenters. The van der Waals surface area contributed by atoms with Crippen LogP contribution in [0.15, 0.2) is 89.6 Å². The Morgan fingerprint density at radius 1 is 1.05 bits per heavy atom. The predicted octanol–water partition coefficient (Wildman–Crippen LogP) is 8.38. The van der Waals surface area contributed by atoms with Crippen molar-refractivity contribution in [3.05, 3.63) is 112 Å². The lowest BCUT2D eigenvalue weighted by atomic mass is 9.53. The number of ether oxygens (including phenoxy) is 1. The number of rotatable bonds is 4. The quantitative estimate of drug-likeness (QED) is 0.221. The number of hydrogen-bond donors (Lipinski definition) is 0. The normalized spacial score (nSPS) is 27.1. The van der Waals surface area contributed by atoms with Crippen molar-refractivity contribution in [2.75, 3.05) is 7.11 Å². The summed E-state index contributed by atoms with van der Waals surface area (Å²) in [5.41, 5.74) is 8.83. The molecule has 208 valence electrons. The maximum Gasteiger partial charge on any atom is 0.337 e. The fraction of sp³-hybridized carbons (Fsp3) is 0.368. The first kappa shape index (κ1) is 27.3. The van der Waals surface area contributed by atoms with Crippen molar-refractivity contribution < 1.29 is 14.3 Å². The standard InChI is InChI=1S/C38H38O3/c1-38-22-8-13-35(38)33-20-18-29-24-31(39)19-21-32(29)36(33)34(25-38)28-16-14-26(15-17-28)9-5-3-4-6-10-27-11-7-12-30(23-27)37(40)41-2/h3-4,6-7,10-12,14-17,23-24,33-35H,8,13,18-22,25H2,1-2H3/b4-3+,10-6+/t33?,34-,35?,38+/m1/s1. The Hall–Kier alpha value is -3.90. The lowest BCUT2D eigenvalue weighted by molar-refractivity contribution is -0.114. The minimum Gasteiger partial charge on any atom is -0.465 e. The van der Waals surface area contributed by atoms with Gasteiger partial charge >= 0.3 is 5.97 Å². The van der Waals surface area contributed by atoms with E-state index in [0.29, 0.717) is 35.0 Å². The number of ketones is 1. The third-order valence-electron chi connectivity index (χ3n) is 9.92. The van der Waals surface area contributed by atoms with Gasteiger partial charge in [0.2, 0.25) is 0 Å². The summed E-state index contributed by atoms with van der Waals surface area (Å²) in [6.45, 7) is 2.55. The second-order valence-corrected chi connectivity index (χ2v) is 12.4. The molecule has 0 spiro atoms. The number of benzene rings is 2. The first-order valence-electron chi connectivity index (χ1n) is 15.0. The molecule has 0 radical (unpaired) electrons. The Labute approximate surface area is 244 Å². The minimum absolute atomic E-state index is 0.307. The maximum atomic E-state index is 12.2. The predicted molar refractivity (Wildman–Crippen MR) is 164 cm³/mol. The van der Waals surface area contributed by atoms with E-state index in [1.165, 1.54) is 55.9 Å². The summed E-state index contributed by atoms with van der Waals surface area (Å²) in [5, 5.41) is 0. The van der Waals surface area contributed by atoms with Gasteiger partial charge in [0.1, 0.15) is 0 Å². The van der Waals surface area contributed by atoms with Crippen molar-refractivity contribution in [3.63, 3.8) is 0 Å². The molecular formula is C38H38O3. The van der Waals surface area contributed by atoms with Crippen LogP contribution in [0, 0.1) is 29.1 Å². The van der Waals surface area contributed by atoms with Crippen molar-refractivity contribution in [1.29, 1.82) is 0 Å². The molecule has 4 aliphatic carbocycles. The van der Waals surface area contributed by atoms with Crippen LogP contribution in [-0.4, -0.2) is 18.9 Å². The molecular weight excluding hydrogens is 504 g/mol. The van der Waals surface area contributed by atoms with Crippen LogP contribution in [0.4, 0.5) is 0 Å². The molecule has 2 aromatic carbocycles. The Kier molecular flexibility index (Phi) is 7.67. The zero-order valence-corrected chi connectivity index (χ0v) is 24.1. The molecule has 0 bridgehead atoms. The number of carbonyl (C=O) groups excluding carboxylic acids is 2. The van der Waals surface area contributed by atoms with Crippen molar-refractivity contribution in [1.82, 2.24) is 0 Å². The Bertz CT molecular complexity index is 1540. The van der Waals surface area contributed by atoms with Crippen LogP contribution in [0.5, 0.6) is 0 Å². The van der Waals surface area contributed by atoms with Gasteiger partial charge in [0.25, 0.3) is 0 Å². The first-order valence-corrected chi connectivity index (χ1v) is 15.0. The van der Waals surface area contributed by atoms with E-state index in [4.69, 9.17) is 4.74 Å². The van der Waals surface area contributed by atoms with Crippen LogP contribution in [-0.2, 0) is 9.53 Å². The highest BCUT2D eigenvalue weighted by Gasteiger charge is 2.52. The maximum absolute atomic E-state index is 12.2. The number of carbonyl (C=O) groups is 2. The van der Waals surface area contributed by atoms with Crippen LogP contribution in [0.3, 0.4) is 0 Å². The van der Waals surface area contributed by atoms with Crippen LogP contribution >= 0.6 is 0 Å². The van der Waals surface area contributed by atoms with Gasteiger partial charge < -0.3 is 4.74 Å². The summed E-state index contributed by atoms with van der Waals surface area (Å²) >= 11 is 0. The summed E-state index contributed by atoms with van der Waals surface area (Å²) < 4.78 is 4.79. The number of esters is 1. The topological polar surface area (TPSA) is 43.4 Å². The van der Waals surface area contributed by atoms with Crippen LogP contribution < -0.4 is 0 Å². The fourth-order valence-electron chi connectivity index (χ4n) is 8.05. The minimum atomic E-state index is -0.337. The summed E-state index contributed by atoms with van der Waals surface area (Å²) in [6, 6.07) is 16.3. The lowest BCUT2D eigenvalue weighted by Crippen LogP contribution is -2.40. The van der Waals surface area contributed by atoms with E-state index in [9.17, 15) is 9.59 Å². The zero-order chi connectivity index (χ0) is 28.4. The van der Waals surface area contributed by atoms with Gasteiger partial charge in [0, 0.05) is 17.9 Å². The number of fused-ring (bicyclic) bond motifs is 4. The Balaban J connectivity index is 1.19. The van der Waals surface area contributed by atoms with Crippen molar-refractivity contribution in [3.8, 4) is 11.8 Å². The molecule has 0 saturated heterocycles. The largest absolute Gasteiger partial charge is 0.465 e. The first-order chi connectivity index (χ1) is 19.9. The lowest BCUT2D eigenvalue weighted by Gasteiger charge is -2.51. The van der Waals surface area contributed by atoms with Crippen LogP contribution in [0.25, 0.3) is 6.08 Å². The molecule has 3 nitrogen and oxygen atoms in total. The smallest absolute Gasteiger partial charge is 0.337 e. The van der Waals surface area contributed by atoms with E-state index in [-0.39, 0.29) is 5.97 Å². The number of hydrogen-bond acceptors (Lipinski definition) is 3. The van der Waals surface area contributed by atoms with Gasteiger partial charge in [-0.3, -0.25) is 4.79 Å². The third-order valence-corrected chi connectivity index (χ3v) is 9.92. The third kappa shape index (κ3) is 5.53. The summed E-state index contributed by atoms with van der Waals surface area (Å²) in [4.78, 5) is 23.9. The highest BCUT2D eigenvalue weighted by atomic mass is 16.5. The van der Waals surface area contributed by atoms with Gasteiger partial charge in [-0.2, -0.15) is 0 Å². The average molecular weight is 543 g/mol. The molecule has 2 aromatic rings. The average Bonchev–Trinajstić information content (AvgIpc) is 3.39. The van der Waals surface area contributed by atoms with Gasteiger partial charge in [-0.15, -0.1) is 0 Å². The molecule has 2 saturated carbocycles. The van der Waals surface area contributed by atoms with Gasteiger partial charge in [-0.05, 0) is 114 Å². The van der Waals surface area contributed by atoms with Gasteiger partial charge in [-0.1, -0.05) is 73.3 Å². The molecule has 4 aliphatic rings. The molecule has 0 aliphatic heterocycles. The molecule has 2 unspecified atom stereocenters. The summed E-state index contributed by atoms with van der Waals surface area (Å²) in [6.07, 6.45) is 18.7. The second kappa shape index (κ2) is 11.5. The Morgan fingerprint density at radius 3 is 2.73 bits per heavy atom. The van der Waals surface area contributed by atoms with E-state index < -0.39 is 0 Å².